The molecule has 1 aromatic rings. The summed E-state index contributed by atoms with van der Waals surface area (Å²) in [5, 5.41) is 0. The van der Waals surface area contributed by atoms with E-state index >= 15 is 0 Å². The molecule has 0 N–H and O–H groups in total. The van der Waals surface area contributed by atoms with Crippen LogP contribution >= 0.6 is 0 Å². The van der Waals surface area contributed by atoms with Crippen molar-refractivity contribution in [3.63, 3.8) is 0 Å². The maximum absolute atomic E-state index is 10.3. The van der Waals surface area contributed by atoms with Crippen molar-refractivity contribution in [3.05, 3.63) is 53.0 Å². The Balaban J connectivity index is 2.96. The standard InChI is InChI=1S/C10H7NO/c1-11-10(8-12)7-9-5-3-2-4-6-9/h2-8H/b10-7+. The molecular formula is C10H7NO. The monoisotopic (exact) mass is 157 g/mol. The third kappa shape index (κ3) is 2.06. The molecule has 12 heavy (non-hydrogen) atoms. The van der Waals surface area contributed by atoms with Gasteiger partial charge in [0.05, 0.1) is 6.57 Å². The number of nitrogens with zero attached hydrogens (tertiary/aromatic N) is 1. The van der Waals surface area contributed by atoms with Gasteiger partial charge < -0.3 is 4.79 Å². The van der Waals surface area contributed by atoms with Gasteiger partial charge in [-0.25, -0.2) is 4.85 Å². The lowest BCUT2D eigenvalue weighted by Crippen LogP contribution is -1.76. The Morgan fingerprint density at radius 3 is 2.50 bits per heavy atom. The summed E-state index contributed by atoms with van der Waals surface area (Å²) in [6.45, 7) is 6.63. The molecule has 1 rings (SSSR count). The van der Waals surface area contributed by atoms with E-state index in [1.807, 2.05) is 30.3 Å². The van der Waals surface area contributed by atoms with Gasteiger partial charge in [0, 0.05) is 0 Å². The number of hydrogen-bond donors (Lipinski definition) is 0. The second-order valence-electron chi connectivity index (χ2n) is 2.21. The van der Waals surface area contributed by atoms with Gasteiger partial charge in [0.1, 0.15) is 6.29 Å². The molecule has 2 heteroatoms. The number of allylic oxidation sites excluding steroid dienone is 1. The van der Waals surface area contributed by atoms with E-state index in [2.05, 4.69) is 4.85 Å². The van der Waals surface area contributed by atoms with Crippen molar-refractivity contribution in [1.82, 2.24) is 0 Å². The third-order valence-corrected chi connectivity index (χ3v) is 1.36. The van der Waals surface area contributed by atoms with Crippen molar-refractivity contribution in [3.8, 4) is 0 Å². The highest BCUT2D eigenvalue weighted by atomic mass is 16.1. The minimum Gasteiger partial charge on any atom is -0.312 e. The highest BCUT2D eigenvalue weighted by molar-refractivity contribution is 5.83. The lowest BCUT2D eigenvalue weighted by molar-refractivity contribution is -0.104. The molecule has 0 saturated carbocycles. The number of benzene rings is 1. The van der Waals surface area contributed by atoms with E-state index in [0.29, 0.717) is 6.29 Å². The molecule has 0 aromatic heterocycles. The fourth-order valence-electron chi connectivity index (χ4n) is 0.813. The third-order valence-electron chi connectivity index (χ3n) is 1.36. The quantitative estimate of drug-likeness (QED) is 0.366. The molecule has 0 saturated heterocycles. The van der Waals surface area contributed by atoms with Crippen molar-refractivity contribution < 1.29 is 4.79 Å². The highest BCUT2D eigenvalue weighted by Gasteiger charge is 1.91. The molecule has 0 amide bonds. The second kappa shape index (κ2) is 4.09. The van der Waals surface area contributed by atoms with Gasteiger partial charge in [-0.1, -0.05) is 30.3 Å². The van der Waals surface area contributed by atoms with Gasteiger partial charge in [-0.15, -0.1) is 0 Å². The molecule has 0 bridgehead atoms. The predicted molar refractivity (Wildman–Crippen MR) is 47.1 cm³/mol. The number of rotatable bonds is 2. The van der Waals surface area contributed by atoms with Gasteiger partial charge in [-0.05, 0) is 11.6 Å². The van der Waals surface area contributed by atoms with Crippen LogP contribution in [0.3, 0.4) is 0 Å². The molecule has 2 nitrogen and oxygen atoms in total. The second-order valence-corrected chi connectivity index (χ2v) is 2.21. The van der Waals surface area contributed by atoms with E-state index in [1.54, 1.807) is 6.08 Å². The zero-order valence-corrected chi connectivity index (χ0v) is 6.40. The van der Waals surface area contributed by atoms with Gasteiger partial charge in [0.25, 0.3) is 0 Å². The van der Waals surface area contributed by atoms with E-state index in [4.69, 9.17) is 6.57 Å². The zero-order chi connectivity index (χ0) is 8.81. The summed E-state index contributed by atoms with van der Waals surface area (Å²) in [5.41, 5.74) is 0.997. The van der Waals surface area contributed by atoms with Crippen LogP contribution in [-0.4, -0.2) is 6.29 Å². The molecule has 58 valence electrons. The van der Waals surface area contributed by atoms with Gasteiger partial charge in [0.2, 0.25) is 5.70 Å². The zero-order valence-electron chi connectivity index (χ0n) is 6.40. The first kappa shape index (κ1) is 8.22. The maximum Gasteiger partial charge on any atom is 0.226 e. The summed E-state index contributed by atoms with van der Waals surface area (Å²) < 4.78 is 0. The van der Waals surface area contributed by atoms with Crippen LogP contribution in [-0.2, 0) is 4.79 Å². The Kier molecular flexibility index (Phi) is 2.80. The molecule has 0 spiro atoms. The van der Waals surface area contributed by atoms with E-state index < -0.39 is 0 Å². The highest BCUT2D eigenvalue weighted by Crippen LogP contribution is 2.05. The normalized spacial score (nSPS) is 10.4. The van der Waals surface area contributed by atoms with Crippen LogP contribution in [0, 0.1) is 6.57 Å². The molecule has 0 atom stereocenters. The van der Waals surface area contributed by atoms with E-state index in [1.165, 1.54) is 0 Å². The summed E-state index contributed by atoms with van der Waals surface area (Å²) in [7, 11) is 0. The summed E-state index contributed by atoms with van der Waals surface area (Å²) in [4.78, 5) is 13.3. The minimum atomic E-state index is 0.126. The molecule has 0 fully saturated rings. The van der Waals surface area contributed by atoms with Crippen molar-refractivity contribution in [2.45, 2.75) is 0 Å². The number of hydrogen-bond acceptors (Lipinski definition) is 1. The summed E-state index contributed by atoms with van der Waals surface area (Å²) in [6, 6.07) is 9.29. The number of carbonyl (C=O) groups excluding carboxylic acids is 1. The topological polar surface area (TPSA) is 21.4 Å². The van der Waals surface area contributed by atoms with Crippen LogP contribution in [0.5, 0.6) is 0 Å². The van der Waals surface area contributed by atoms with Crippen molar-refractivity contribution in [1.29, 1.82) is 0 Å². The minimum absolute atomic E-state index is 0.126. The summed E-state index contributed by atoms with van der Waals surface area (Å²) in [5.74, 6) is 0. The van der Waals surface area contributed by atoms with Crippen LogP contribution in [0.2, 0.25) is 0 Å². The van der Waals surface area contributed by atoms with Crippen molar-refractivity contribution in [2.75, 3.05) is 0 Å². The fraction of sp³-hybridized carbons (Fsp3) is 0. The van der Waals surface area contributed by atoms with E-state index in [-0.39, 0.29) is 5.70 Å². The maximum atomic E-state index is 10.3. The van der Waals surface area contributed by atoms with E-state index in [0.717, 1.165) is 5.56 Å². The molecule has 1 aromatic carbocycles. The molecule has 0 aliphatic rings. The Morgan fingerprint density at radius 1 is 1.33 bits per heavy atom. The van der Waals surface area contributed by atoms with Crippen LogP contribution in [0.1, 0.15) is 5.56 Å². The van der Waals surface area contributed by atoms with Crippen molar-refractivity contribution >= 4 is 12.4 Å². The lowest BCUT2D eigenvalue weighted by atomic mass is 10.2. The molecule has 0 radical (unpaired) electrons. The number of aldehydes is 1. The van der Waals surface area contributed by atoms with Gasteiger partial charge in [-0.2, -0.15) is 0 Å². The van der Waals surface area contributed by atoms with Crippen molar-refractivity contribution in [2.24, 2.45) is 0 Å². The average molecular weight is 157 g/mol. The van der Waals surface area contributed by atoms with Crippen LogP contribution in [0.4, 0.5) is 0 Å². The average Bonchev–Trinajstić information content (AvgIpc) is 2.16. The molecular weight excluding hydrogens is 150 g/mol. The fourth-order valence-corrected chi connectivity index (χ4v) is 0.813. The smallest absolute Gasteiger partial charge is 0.226 e. The Bertz CT molecular complexity index is 333. The first-order valence-electron chi connectivity index (χ1n) is 3.46. The predicted octanol–water partition coefficient (Wildman–Crippen LogP) is 2.15. The Labute approximate surface area is 71.0 Å². The molecule has 0 heterocycles. The summed E-state index contributed by atoms with van der Waals surface area (Å²) in [6.07, 6.45) is 2.11. The molecule has 0 aliphatic heterocycles. The first-order chi connectivity index (χ1) is 5.86. The van der Waals surface area contributed by atoms with Crippen LogP contribution in [0.15, 0.2) is 36.0 Å². The summed E-state index contributed by atoms with van der Waals surface area (Å²) >= 11 is 0. The SMILES string of the molecule is [C-]#[N+]/C(C=O)=C/c1ccccc1. The Morgan fingerprint density at radius 2 is 2.00 bits per heavy atom. The molecule has 0 unspecified atom stereocenters. The van der Waals surface area contributed by atoms with Crippen LogP contribution < -0.4 is 0 Å². The van der Waals surface area contributed by atoms with Gasteiger partial charge in [0.15, 0.2) is 0 Å². The molecule has 0 aliphatic carbocycles. The largest absolute Gasteiger partial charge is 0.312 e. The van der Waals surface area contributed by atoms with E-state index in [9.17, 15) is 4.79 Å². The number of carbonyl (C=O) groups is 1. The van der Waals surface area contributed by atoms with Crippen LogP contribution in [0.25, 0.3) is 10.9 Å². The Hall–Kier alpha value is -1.88. The van der Waals surface area contributed by atoms with Gasteiger partial charge in [-0.3, -0.25) is 0 Å². The lowest BCUT2D eigenvalue weighted by Gasteiger charge is -1.89. The van der Waals surface area contributed by atoms with Gasteiger partial charge >= 0.3 is 0 Å². The first-order valence-corrected chi connectivity index (χ1v) is 3.46.